The second-order valence-corrected chi connectivity index (χ2v) is 4.17. The summed E-state index contributed by atoms with van der Waals surface area (Å²) in [7, 11) is 3.40. The van der Waals surface area contributed by atoms with Gasteiger partial charge in [-0.05, 0) is 19.9 Å². The molecule has 96 valence electrons. The summed E-state index contributed by atoms with van der Waals surface area (Å²) in [5, 5.41) is 0. The number of likely N-dealkylation sites (N-methyl/N-ethyl adjacent to an activating group) is 1. The third-order valence-corrected chi connectivity index (χ3v) is 2.87. The van der Waals surface area contributed by atoms with Gasteiger partial charge in [-0.2, -0.15) is 0 Å². The number of ether oxygens (including phenoxy) is 1. The highest BCUT2D eigenvalue weighted by molar-refractivity contribution is 5.93. The van der Waals surface area contributed by atoms with E-state index in [1.165, 1.54) is 0 Å². The van der Waals surface area contributed by atoms with Crippen LogP contribution in [0.3, 0.4) is 0 Å². The molecule has 0 radical (unpaired) electrons. The number of anilines is 1. The monoisotopic (exact) mass is 239 g/mol. The Labute approximate surface area is 102 Å². The molecule has 1 aromatic heterocycles. The predicted molar refractivity (Wildman–Crippen MR) is 67.9 cm³/mol. The van der Waals surface area contributed by atoms with Gasteiger partial charge in [-0.3, -0.25) is 4.79 Å². The second-order valence-electron chi connectivity index (χ2n) is 4.17. The lowest BCUT2D eigenvalue weighted by Crippen LogP contribution is -2.38. The fraction of sp³-hybridized carbons (Fsp3) is 0.583. The van der Waals surface area contributed by atoms with E-state index in [1.807, 2.05) is 18.4 Å². The minimum absolute atomic E-state index is 0.0342. The number of hydrogen-bond acceptors (Lipinski definition) is 3. The highest BCUT2D eigenvalue weighted by Crippen LogP contribution is 2.13. The van der Waals surface area contributed by atoms with Crippen LogP contribution in [0.25, 0.3) is 0 Å². The van der Waals surface area contributed by atoms with E-state index in [-0.39, 0.29) is 11.9 Å². The summed E-state index contributed by atoms with van der Waals surface area (Å²) in [4.78, 5) is 13.9. The normalized spacial score (nSPS) is 12.5. The molecule has 0 aliphatic carbocycles. The molecule has 0 saturated carbocycles. The van der Waals surface area contributed by atoms with Crippen LogP contribution in [0.5, 0.6) is 0 Å². The third kappa shape index (κ3) is 3.00. The third-order valence-electron chi connectivity index (χ3n) is 2.87. The van der Waals surface area contributed by atoms with Crippen LogP contribution in [0.4, 0.5) is 5.69 Å². The van der Waals surface area contributed by atoms with Crippen molar-refractivity contribution in [3.63, 3.8) is 0 Å². The quantitative estimate of drug-likeness (QED) is 0.839. The van der Waals surface area contributed by atoms with Crippen LogP contribution < -0.4 is 5.73 Å². The number of nitrogen functional groups attached to an aromatic ring is 1. The molecule has 0 aromatic carbocycles. The van der Waals surface area contributed by atoms with Gasteiger partial charge in [0.1, 0.15) is 5.69 Å². The Bertz CT molecular complexity index is 387. The molecule has 1 atom stereocenters. The highest BCUT2D eigenvalue weighted by Gasteiger charge is 2.20. The van der Waals surface area contributed by atoms with Crippen LogP contribution in [0, 0.1) is 0 Å². The maximum absolute atomic E-state index is 12.2. The molecule has 0 aliphatic heterocycles. The maximum atomic E-state index is 12.2. The highest BCUT2D eigenvalue weighted by atomic mass is 16.5. The molecule has 0 saturated heterocycles. The van der Waals surface area contributed by atoms with Gasteiger partial charge >= 0.3 is 0 Å². The topological polar surface area (TPSA) is 60.5 Å². The first-order chi connectivity index (χ1) is 8.01. The summed E-state index contributed by atoms with van der Waals surface area (Å²) in [5.74, 6) is -0.0342. The van der Waals surface area contributed by atoms with Gasteiger partial charge in [0.05, 0.1) is 18.3 Å². The van der Waals surface area contributed by atoms with Gasteiger partial charge < -0.3 is 19.9 Å². The Morgan fingerprint density at radius 2 is 2.29 bits per heavy atom. The fourth-order valence-electron chi connectivity index (χ4n) is 1.71. The molecule has 1 unspecified atom stereocenters. The molecule has 1 rings (SSSR count). The molecule has 0 fully saturated rings. The van der Waals surface area contributed by atoms with Crippen LogP contribution in [-0.2, 0) is 11.3 Å². The maximum Gasteiger partial charge on any atom is 0.270 e. The zero-order valence-corrected chi connectivity index (χ0v) is 10.9. The minimum Gasteiger partial charge on any atom is -0.397 e. The fourth-order valence-corrected chi connectivity index (χ4v) is 1.71. The zero-order valence-electron chi connectivity index (χ0n) is 10.9. The van der Waals surface area contributed by atoms with Crippen molar-refractivity contribution in [1.82, 2.24) is 9.47 Å². The summed E-state index contributed by atoms with van der Waals surface area (Å²) in [6, 6.07) is 1.75. The standard InChI is InChI=1S/C12H21N3O2/c1-5-15-7-10(13)6-11(15)12(16)14(3)9(2)8-17-4/h6-7,9H,5,8,13H2,1-4H3. The van der Waals surface area contributed by atoms with Crippen LogP contribution in [0.1, 0.15) is 24.3 Å². The van der Waals surface area contributed by atoms with Gasteiger partial charge in [0.2, 0.25) is 0 Å². The number of carbonyl (C=O) groups is 1. The van der Waals surface area contributed by atoms with Crippen molar-refractivity contribution in [1.29, 1.82) is 0 Å². The van der Waals surface area contributed by atoms with Crippen molar-refractivity contribution < 1.29 is 9.53 Å². The summed E-state index contributed by atoms with van der Waals surface area (Å²) >= 11 is 0. The zero-order chi connectivity index (χ0) is 13.0. The minimum atomic E-state index is -0.0342. The molecule has 1 aromatic rings. The van der Waals surface area contributed by atoms with Gasteiger partial charge in [-0.1, -0.05) is 0 Å². The molecule has 0 aliphatic rings. The summed E-state index contributed by atoms with van der Waals surface area (Å²) in [5.41, 5.74) is 6.95. The lowest BCUT2D eigenvalue weighted by atomic mass is 10.2. The summed E-state index contributed by atoms with van der Waals surface area (Å²) in [6.07, 6.45) is 1.78. The molecule has 17 heavy (non-hydrogen) atoms. The predicted octanol–water partition coefficient (Wildman–Crippen LogP) is 1.20. The Hall–Kier alpha value is -1.49. The lowest BCUT2D eigenvalue weighted by molar-refractivity contribution is 0.0623. The number of hydrogen-bond donors (Lipinski definition) is 1. The van der Waals surface area contributed by atoms with Crippen molar-refractivity contribution in [2.75, 3.05) is 26.5 Å². The lowest BCUT2D eigenvalue weighted by Gasteiger charge is -2.24. The Kier molecular flexibility index (Phi) is 4.57. The molecular weight excluding hydrogens is 218 g/mol. The van der Waals surface area contributed by atoms with E-state index in [1.54, 1.807) is 31.3 Å². The number of nitrogens with two attached hydrogens (primary N) is 1. The van der Waals surface area contributed by atoms with Gasteiger partial charge in [0, 0.05) is 26.9 Å². The van der Waals surface area contributed by atoms with Crippen LogP contribution in [-0.4, -0.2) is 42.2 Å². The van der Waals surface area contributed by atoms with Gasteiger partial charge in [-0.25, -0.2) is 0 Å². The van der Waals surface area contributed by atoms with E-state index in [2.05, 4.69) is 0 Å². The molecule has 0 bridgehead atoms. The van der Waals surface area contributed by atoms with Crippen molar-refractivity contribution in [3.05, 3.63) is 18.0 Å². The average molecular weight is 239 g/mol. The van der Waals surface area contributed by atoms with Gasteiger partial charge in [-0.15, -0.1) is 0 Å². The number of aromatic nitrogens is 1. The van der Waals surface area contributed by atoms with Crippen molar-refractivity contribution in [2.45, 2.75) is 26.4 Å². The number of nitrogens with zero attached hydrogens (tertiary/aromatic N) is 2. The SMILES string of the molecule is CCn1cc(N)cc1C(=O)N(C)C(C)COC. The van der Waals surface area contributed by atoms with Crippen molar-refractivity contribution in [3.8, 4) is 0 Å². The Morgan fingerprint density at radius 3 is 2.82 bits per heavy atom. The largest absolute Gasteiger partial charge is 0.397 e. The van der Waals surface area contributed by atoms with Crippen LogP contribution in [0.15, 0.2) is 12.3 Å². The number of carbonyl (C=O) groups excluding carboxylic acids is 1. The van der Waals surface area contributed by atoms with E-state index in [0.29, 0.717) is 18.0 Å². The van der Waals surface area contributed by atoms with Gasteiger partial charge in [0.25, 0.3) is 5.91 Å². The first-order valence-electron chi connectivity index (χ1n) is 5.73. The van der Waals surface area contributed by atoms with E-state index in [0.717, 1.165) is 6.54 Å². The van der Waals surface area contributed by atoms with Gasteiger partial charge in [0.15, 0.2) is 0 Å². The molecule has 2 N–H and O–H groups in total. The first-order valence-corrected chi connectivity index (χ1v) is 5.73. The number of amides is 1. The van der Waals surface area contributed by atoms with E-state index in [4.69, 9.17) is 10.5 Å². The number of aryl methyl sites for hydroxylation is 1. The smallest absolute Gasteiger partial charge is 0.270 e. The second kappa shape index (κ2) is 5.72. The molecular formula is C12H21N3O2. The molecule has 1 amide bonds. The summed E-state index contributed by atoms with van der Waals surface area (Å²) < 4.78 is 6.90. The van der Waals surface area contributed by atoms with Crippen molar-refractivity contribution >= 4 is 11.6 Å². The Balaban J connectivity index is 2.87. The van der Waals surface area contributed by atoms with E-state index in [9.17, 15) is 4.79 Å². The van der Waals surface area contributed by atoms with Crippen LogP contribution in [0.2, 0.25) is 0 Å². The molecule has 0 spiro atoms. The molecule has 5 heteroatoms. The number of rotatable bonds is 5. The van der Waals surface area contributed by atoms with Crippen molar-refractivity contribution in [2.24, 2.45) is 0 Å². The molecule has 1 heterocycles. The Morgan fingerprint density at radius 1 is 1.65 bits per heavy atom. The average Bonchev–Trinajstić information content (AvgIpc) is 2.68. The summed E-state index contributed by atoms with van der Waals surface area (Å²) in [6.45, 7) is 5.17. The molecule has 5 nitrogen and oxygen atoms in total. The first kappa shape index (κ1) is 13.6. The van der Waals surface area contributed by atoms with E-state index < -0.39 is 0 Å². The van der Waals surface area contributed by atoms with E-state index >= 15 is 0 Å². The van der Waals surface area contributed by atoms with Crippen LogP contribution >= 0.6 is 0 Å². The number of methoxy groups -OCH3 is 1.